The molecule has 0 aliphatic rings. The summed E-state index contributed by atoms with van der Waals surface area (Å²) in [4.78, 5) is 0. The van der Waals surface area contributed by atoms with E-state index in [9.17, 15) is 8.78 Å². The van der Waals surface area contributed by atoms with Crippen molar-refractivity contribution in [2.45, 2.75) is 72.6 Å². The Labute approximate surface area is 140 Å². The van der Waals surface area contributed by atoms with E-state index in [2.05, 4.69) is 20.8 Å². The normalized spacial score (nSPS) is 13.8. The van der Waals surface area contributed by atoms with Crippen molar-refractivity contribution in [2.75, 3.05) is 6.61 Å². The molecular formula is C20H32F2O. The van der Waals surface area contributed by atoms with Gasteiger partial charge < -0.3 is 4.74 Å². The van der Waals surface area contributed by atoms with Crippen molar-refractivity contribution >= 4 is 0 Å². The van der Waals surface area contributed by atoms with Gasteiger partial charge in [-0.15, -0.1) is 0 Å². The van der Waals surface area contributed by atoms with Gasteiger partial charge in [0.2, 0.25) is 5.82 Å². The molecule has 0 saturated carbocycles. The summed E-state index contributed by atoms with van der Waals surface area (Å²) in [6, 6.07) is 3.23. The van der Waals surface area contributed by atoms with Crippen molar-refractivity contribution in [3.05, 3.63) is 29.3 Å². The van der Waals surface area contributed by atoms with Gasteiger partial charge in [0.25, 0.3) is 0 Å². The van der Waals surface area contributed by atoms with Gasteiger partial charge in [-0.05, 0) is 42.7 Å². The molecule has 1 aromatic rings. The molecule has 1 nitrogen and oxygen atoms in total. The molecule has 0 amide bonds. The Hall–Kier alpha value is -1.12. The van der Waals surface area contributed by atoms with Crippen LogP contribution < -0.4 is 4.74 Å². The van der Waals surface area contributed by atoms with Crippen molar-refractivity contribution in [2.24, 2.45) is 11.8 Å². The molecule has 2 unspecified atom stereocenters. The Morgan fingerprint density at radius 2 is 1.65 bits per heavy atom. The second-order valence-electron chi connectivity index (χ2n) is 6.79. The van der Waals surface area contributed by atoms with Gasteiger partial charge in [-0.1, -0.05) is 59.4 Å². The molecular weight excluding hydrogens is 294 g/mol. The first-order valence-electron chi connectivity index (χ1n) is 9.09. The van der Waals surface area contributed by atoms with Gasteiger partial charge in [-0.25, -0.2) is 4.39 Å². The molecule has 0 radical (unpaired) electrons. The maximum atomic E-state index is 14.1. The third kappa shape index (κ3) is 6.88. The van der Waals surface area contributed by atoms with Crippen molar-refractivity contribution < 1.29 is 13.5 Å². The van der Waals surface area contributed by atoms with Crippen LogP contribution in [-0.2, 0) is 6.42 Å². The lowest BCUT2D eigenvalue weighted by Gasteiger charge is -2.15. The van der Waals surface area contributed by atoms with Crippen LogP contribution in [0.25, 0.3) is 0 Å². The number of benzene rings is 1. The van der Waals surface area contributed by atoms with E-state index in [4.69, 9.17) is 4.74 Å². The van der Waals surface area contributed by atoms with Crippen molar-refractivity contribution in [3.8, 4) is 5.75 Å². The SMILES string of the molecule is CCCCOc1ccc(CCC(C)CCC(C)CC)c(F)c1F. The molecule has 0 bridgehead atoms. The smallest absolute Gasteiger partial charge is 0.200 e. The molecule has 0 spiro atoms. The molecule has 23 heavy (non-hydrogen) atoms. The highest BCUT2D eigenvalue weighted by molar-refractivity contribution is 5.31. The number of hydrogen-bond acceptors (Lipinski definition) is 1. The molecule has 0 aromatic heterocycles. The van der Waals surface area contributed by atoms with E-state index in [1.807, 2.05) is 6.92 Å². The lowest BCUT2D eigenvalue weighted by molar-refractivity contribution is 0.288. The topological polar surface area (TPSA) is 9.23 Å². The molecule has 0 aliphatic carbocycles. The molecule has 0 fully saturated rings. The fourth-order valence-corrected chi connectivity index (χ4v) is 2.52. The summed E-state index contributed by atoms with van der Waals surface area (Å²) in [6.45, 7) is 9.13. The number of unbranched alkanes of at least 4 members (excludes halogenated alkanes) is 1. The van der Waals surface area contributed by atoms with Crippen LogP contribution in [0.3, 0.4) is 0 Å². The van der Waals surface area contributed by atoms with Crippen LogP contribution in [0, 0.1) is 23.5 Å². The molecule has 0 heterocycles. The summed E-state index contributed by atoms with van der Waals surface area (Å²) < 4.78 is 33.4. The van der Waals surface area contributed by atoms with Gasteiger partial charge >= 0.3 is 0 Å². The molecule has 0 aliphatic heterocycles. The minimum Gasteiger partial charge on any atom is -0.490 e. The number of hydrogen-bond donors (Lipinski definition) is 0. The average molecular weight is 326 g/mol. The number of ether oxygens (including phenoxy) is 1. The van der Waals surface area contributed by atoms with Crippen molar-refractivity contribution in [3.63, 3.8) is 0 Å². The average Bonchev–Trinajstić information content (AvgIpc) is 2.55. The van der Waals surface area contributed by atoms with Crippen LogP contribution in [0.2, 0.25) is 0 Å². The quantitative estimate of drug-likeness (QED) is 0.420. The number of rotatable bonds is 11. The van der Waals surface area contributed by atoms with Crippen LogP contribution >= 0.6 is 0 Å². The third-order valence-corrected chi connectivity index (χ3v) is 4.64. The molecule has 0 N–H and O–H groups in total. The minimum atomic E-state index is -0.842. The fourth-order valence-electron chi connectivity index (χ4n) is 2.52. The monoisotopic (exact) mass is 326 g/mol. The maximum absolute atomic E-state index is 14.1. The Morgan fingerprint density at radius 1 is 0.957 bits per heavy atom. The zero-order chi connectivity index (χ0) is 17.2. The Morgan fingerprint density at radius 3 is 2.30 bits per heavy atom. The zero-order valence-corrected chi connectivity index (χ0v) is 15.1. The van der Waals surface area contributed by atoms with Crippen LogP contribution in [0.1, 0.15) is 71.8 Å². The summed E-state index contributed by atoms with van der Waals surface area (Å²) in [5, 5.41) is 0. The molecule has 1 aromatic carbocycles. The van der Waals surface area contributed by atoms with E-state index in [0.717, 1.165) is 31.6 Å². The summed E-state index contributed by atoms with van der Waals surface area (Å²) in [6.07, 6.45) is 6.85. The first-order chi connectivity index (χ1) is 11.0. The maximum Gasteiger partial charge on any atom is 0.200 e. The van der Waals surface area contributed by atoms with Gasteiger partial charge in [0.05, 0.1) is 6.61 Å². The van der Waals surface area contributed by atoms with E-state index in [1.165, 1.54) is 12.8 Å². The number of halogens is 2. The highest BCUT2D eigenvalue weighted by atomic mass is 19.2. The van der Waals surface area contributed by atoms with E-state index < -0.39 is 11.6 Å². The molecule has 2 atom stereocenters. The fraction of sp³-hybridized carbons (Fsp3) is 0.700. The van der Waals surface area contributed by atoms with Crippen molar-refractivity contribution in [1.82, 2.24) is 0 Å². The van der Waals surface area contributed by atoms with Gasteiger partial charge in [0.1, 0.15) is 0 Å². The predicted molar refractivity (Wildman–Crippen MR) is 92.9 cm³/mol. The van der Waals surface area contributed by atoms with Crippen LogP contribution in [0.5, 0.6) is 5.75 Å². The first kappa shape index (κ1) is 19.9. The third-order valence-electron chi connectivity index (χ3n) is 4.64. The van der Waals surface area contributed by atoms with E-state index in [0.29, 0.717) is 24.5 Å². The highest BCUT2D eigenvalue weighted by Crippen LogP contribution is 2.25. The van der Waals surface area contributed by atoms with Gasteiger partial charge in [0, 0.05) is 0 Å². The minimum absolute atomic E-state index is 0.0320. The van der Waals surface area contributed by atoms with E-state index in [-0.39, 0.29) is 5.75 Å². The highest BCUT2D eigenvalue weighted by Gasteiger charge is 2.15. The lowest BCUT2D eigenvalue weighted by atomic mass is 9.92. The Kier molecular flexibility index (Phi) is 9.20. The van der Waals surface area contributed by atoms with Gasteiger partial charge in [-0.2, -0.15) is 4.39 Å². The Balaban J connectivity index is 2.52. The summed E-state index contributed by atoms with van der Waals surface area (Å²) in [5.41, 5.74) is 0.459. The van der Waals surface area contributed by atoms with Crippen LogP contribution in [0.4, 0.5) is 8.78 Å². The van der Waals surface area contributed by atoms with Gasteiger partial charge in [0.15, 0.2) is 11.6 Å². The van der Waals surface area contributed by atoms with E-state index >= 15 is 0 Å². The molecule has 0 saturated heterocycles. The summed E-state index contributed by atoms with van der Waals surface area (Å²) in [5.74, 6) is -0.276. The zero-order valence-electron chi connectivity index (χ0n) is 15.1. The van der Waals surface area contributed by atoms with Crippen LogP contribution in [-0.4, -0.2) is 6.61 Å². The summed E-state index contributed by atoms with van der Waals surface area (Å²) in [7, 11) is 0. The van der Waals surface area contributed by atoms with Crippen LogP contribution in [0.15, 0.2) is 12.1 Å². The Bertz CT molecular complexity index is 459. The molecule has 3 heteroatoms. The second kappa shape index (κ2) is 10.6. The molecule has 1 rings (SSSR count). The van der Waals surface area contributed by atoms with E-state index in [1.54, 1.807) is 12.1 Å². The predicted octanol–water partition coefficient (Wildman–Crippen LogP) is 6.54. The lowest BCUT2D eigenvalue weighted by Crippen LogP contribution is -2.05. The standard InChI is InChI=1S/C20H32F2O/c1-5-7-14-23-18-13-12-17(19(21)20(18)22)11-10-16(4)9-8-15(3)6-2/h12-13,15-16H,5-11,14H2,1-4H3. The van der Waals surface area contributed by atoms with Gasteiger partial charge in [-0.3, -0.25) is 0 Å². The number of aryl methyl sites for hydroxylation is 1. The summed E-state index contributed by atoms with van der Waals surface area (Å²) >= 11 is 0. The second-order valence-corrected chi connectivity index (χ2v) is 6.79. The largest absolute Gasteiger partial charge is 0.490 e. The first-order valence-corrected chi connectivity index (χ1v) is 9.09. The van der Waals surface area contributed by atoms with Crippen molar-refractivity contribution in [1.29, 1.82) is 0 Å². The molecule has 132 valence electrons.